The summed E-state index contributed by atoms with van der Waals surface area (Å²) < 4.78 is 5.48. The first-order valence-electron chi connectivity index (χ1n) is 6.79. The molecule has 92 valence electrons. The zero-order chi connectivity index (χ0) is 11.4. The summed E-state index contributed by atoms with van der Waals surface area (Å²) in [4.78, 5) is 4.35. The second kappa shape index (κ2) is 5.55. The Balaban J connectivity index is 1.99. The number of aliphatic imine (C=N–C) groups is 1. The average Bonchev–Trinajstić information content (AvgIpc) is 2.82. The van der Waals surface area contributed by atoms with E-state index in [4.69, 9.17) is 4.74 Å². The molecule has 0 bridgehead atoms. The van der Waals surface area contributed by atoms with Crippen LogP contribution in [0.5, 0.6) is 0 Å². The molecule has 16 heavy (non-hydrogen) atoms. The van der Waals surface area contributed by atoms with E-state index in [2.05, 4.69) is 24.2 Å². The molecule has 1 N–H and O–H groups in total. The molecule has 0 radical (unpaired) electrons. The molecule has 1 saturated carbocycles. The van der Waals surface area contributed by atoms with Gasteiger partial charge >= 0.3 is 0 Å². The highest BCUT2D eigenvalue weighted by atomic mass is 16.5. The first-order valence-corrected chi connectivity index (χ1v) is 6.79. The predicted octanol–water partition coefficient (Wildman–Crippen LogP) is 2.57. The van der Waals surface area contributed by atoms with Crippen molar-refractivity contribution in [2.75, 3.05) is 13.2 Å². The van der Waals surface area contributed by atoms with E-state index in [0.29, 0.717) is 6.04 Å². The van der Waals surface area contributed by atoms with Crippen LogP contribution >= 0.6 is 0 Å². The summed E-state index contributed by atoms with van der Waals surface area (Å²) >= 11 is 0. The molecule has 1 aliphatic heterocycles. The molecular weight excluding hydrogens is 200 g/mol. The van der Waals surface area contributed by atoms with Gasteiger partial charge in [0, 0.05) is 6.04 Å². The third-order valence-corrected chi connectivity index (χ3v) is 4.09. The zero-order valence-electron chi connectivity index (χ0n) is 10.5. The summed E-state index contributed by atoms with van der Waals surface area (Å²) in [6.45, 7) is 6.18. The minimum Gasteiger partial charge on any atom is -0.463 e. The molecule has 3 heteroatoms. The molecule has 0 aromatic carbocycles. The Morgan fingerprint density at radius 1 is 1.25 bits per heavy atom. The second-order valence-corrected chi connectivity index (χ2v) is 4.97. The Morgan fingerprint density at radius 3 is 2.44 bits per heavy atom. The lowest BCUT2D eigenvalue weighted by molar-refractivity contribution is 0.182. The smallest absolute Gasteiger partial charge is 0.285 e. The number of rotatable bonds is 3. The SMILES string of the molecule is CCC1CCCC(CC)C1NC1=NCCO1. The van der Waals surface area contributed by atoms with E-state index in [-0.39, 0.29) is 0 Å². The normalized spacial score (nSPS) is 34.4. The number of hydrogen-bond donors (Lipinski definition) is 1. The van der Waals surface area contributed by atoms with Crippen LogP contribution in [-0.4, -0.2) is 25.2 Å². The molecule has 0 saturated heterocycles. The van der Waals surface area contributed by atoms with Gasteiger partial charge in [0.15, 0.2) is 0 Å². The Bertz CT molecular complexity index is 240. The van der Waals surface area contributed by atoms with Gasteiger partial charge in [0.1, 0.15) is 6.61 Å². The van der Waals surface area contributed by atoms with Gasteiger partial charge in [0.2, 0.25) is 0 Å². The number of nitrogens with one attached hydrogen (secondary N) is 1. The van der Waals surface area contributed by atoms with Crippen LogP contribution in [0.2, 0.25) is 0 Å². The molecule has 0 spiro atoms. The number of hydrogen-bond acceptors (Lipinski definition) is 3. The topological polar surface area (TPSA) is 33.6 Å². The molecule has 2 rings (SSSR count). The van der Waals surface area contributed by atoms with Gasteiger partial charge in [-0.25, -0.2) is 4.99 Å². The van der Waals surface area contributed by atoms with Crippen molar-refractivity contribution in [2.24, 2.45) is 16.8 Å². The van der Waals surface area contributed by atoms with Gasteiger partial charge in [-0.3, -0.25) is 0 Å². The summed E-state index contributed by atoms with van der Waals surface area (Å²) in [5, 5.41) is 3.55. The van der Waals surface area contributed by atoms with Crippen LogP contribution in [0.3, 0.4) is 0 Å². The Morgan fingerprint density at radius 2 is 1.94 bits per heavy atom. The summed E-state index contributed by atoms with van der Waals surface area (Å²) in [7, 11) is 0. The molecule has 1 heterocycles. The zero-order valence-corrected chi connectivity index (χ0v) is 10.5. The maximum absolute atomic E-state index is 5.48. The van der Waals surface area contributed by atoms with Crippen molar-refractivity contribution in [3.05, 3.63) is 0 Å². The van der Waals surface area contributed by atoms with Crippen molar-refractivity contribution in [2.45, 2.75) is 52.0 Å². The average molecular weight is 224 g/mol. The standard InChI is InChI=1S/C13H24N2O/c1-3-10-6-5-7-11(4-2)12(10)15-13-14-8-9-16-13/h10-12H,3-9H2,1-2H3,(H,14,15). The first-order chi connectivity index (χ1) is 7.85. The van der Waals surface area contributed by atoms with E-state index in [9.17, 15) is 0 Å². The maximum atomic E-state index is 5.48. The van der Waals surface area contributed by atoms with E-state index >= 15 is 0 Å². The van der Waals surface area contributed by atoms with Gasteiger partial charge in [-0.1, -0.05) is 33.1 Å². The molecule has 1 aliphatic carbocycles. The second-order valence-electron chi connectivity index (χ2n) is 4.97. The molecule has 2 unspecified atom stereocenters. The Kier molecular flexibility index (Phi) is 4.08. The highest BCUT2D eigenvalue weighted by Gasteiger charge is 2.32. The number of nitrogens with zero attached hydrogens (tertiary/aromatic N) is 1. The lowest BCUT2D eigenvalue weighted by Gasteiger charge is -2.38. The molecule has 0 aromatic heterocycles. The molecule has 1 fully saturated rings. The highest BCUT2D eigenvalue weighted by Crippen LogP contribution is 2.33. The lowest BCUT2D eigenvalue weighted by Crippen LogP contribution is -2.47. The molecule has 2 aliphatic rings. The van der Waals surface area contributed by atoms with Gasteiger partial charge in [0.05, 0.1) is 6.54 Å². The third-order valence-electron chi connectivity index (χ3n) is 4.09. The van der Waals surface area contributed by atoms with Crippen LogP contribution in [-0.2, 0) is 4.74 Å². The monoisotopic (exact) mass is 224 g/mol. The van der Waals surface area contributed by atoms with Crippen molar-refractivity contribution < 1.29 is 4.74 Å². The molecular formula is C13H24N2O. The van der Waals surface area contributed by atoms with Gasteiger partial charge in [-0.05, 0) is 24.7 Å². The largest absolute Gasteiger partial charge is 0.463 e. The highest BCUT2D eigenvalue weighted by molar-refractivity contribution is 5.75. The van der Waals surface area contributed by atoms with Crippen molar-refractivity contribution in [1.82, 2.24) is 5.32 Å². The number of amidine groups is 1. The van der Waals surface area contributed by atoms with Crippen molar-refractivity contribution in [1.29, 1.82) is 0 Å². The third kappa shape index (κ3) is 2.50. The van der Waals surface area contributed by atoms with Crippen LogP contribution < -0.4 is 5.32 Å². The van der Waals surface area contributed by atoms with Crippen molar-refractivity contribution >= 4 is 6.02 Å². The van der Waals surface area contributed by atoms with E-state index in [1.165, 1.54) is 32.1 Å². The van der Waals surface area contributed by atoms with Crippen LogP contribution in [0.4, 0.5) is 0 Å². The molecule has 2 atom stereocenters. The van der Waals surface area contributed by atoms with Gasteiger partial charge in [-0.15, -0.1) is 0 Å². The minimum atomic E-state index is 0.584. The fourth-order valence-corrected chi connectivity index (χ4v) is 3.10. The van der Waals surface area contributed by atoms with Crippen LogP contribution in [0, 0.1) is 11.8 Å². The van der Waals surface area contributed by atoms with Gasteiger partial charge < -0.3 is 10.1 Å². The predicted molar refractivity (Wildman–Crippen MR) is 66.6 cm³/mol. The van der Waals surface area contributed by atoms with E-state index < -0.39 is 0 Å². The number of ether oxygens (including phenoxy) is 1. The first kappa shape index (κ1) is 11.7. The summed E-state index contributed by atoms with van der Waals surface area (Å²) in [6.07, 6.45) is 6.64. The lowest BCUT2D eigenvalue weighted by atomic mass is 9.74. The van der Waals surface area contributed by atoms with Gasteiger partial charge in [0.25, 0.3) is 6.02 Å². The van der Waals surface area contributed by atoms with Crippen LogP contribution in [0.15, 0.2) is 4.99 Å². The van der Waals surface area contributed by atoms with Crippen LogP contribution in [0.1, 0.15) is 46.0 Å². The van der Waals surface area contributed by atoms with E-state index in [1.807, 2.05) is 0 Å². The maximum Gasteiger partial charge on any atom is 0.285 e. The molecule has 0 aromatic rings. The Hall–Kier alpha value is -0.730. The van der Waals surface area contributed by atoms with E-state index in [0.717, 1.165) is 31.0 Å². The Labute approximate surface area is 98.7 Å². The minimum absolute atomic E-state index is 0.584. The summed E-state index contributed by atoms with van der Waals surface area (Å²) in [6, 6.07) is 1.38. The quantitative estimate of drug-likeness (QED) is 0.799. The fraction of sp³-hybridized carbons (Fsp3) is 0.923. The van der Waals surface area contributed by atoms with Crippen LogP contribution in [0.25, 0.3) is 0 Å². The van der Waals surface area contributed by atoms with E-state index in [1.54, 1.807) is 0 Å². The van der Waals surface area contributed by atoms with Crippen molar-refractivity contribution in [3.63, 3.8) is 0 Å². The van der Waals surface area contributed by atoms with Gasteiger partial charge in [-0.2, -0.15) is 0 Å². The summed E-state index contributed by atoms with van der Waals surface area (Å²) in [5.41, 5.74) is 0. The molecule has 3 nitrogen and oxygen atoms in total. The molecule has 0 amide bonds. The van der Waals surface area contributed by atoms with Crippen molar-refractivity contribution in [3.8, 4) is 0 Å². The summed E-state index contributed by atoms with van der Waals surface area (Å²) in [5.74, 6) is 1.59. The fourth-order valence-electron chi connectivity index (χ4n) is 3.10.